The minimum Gasteiger partial charge on any atom is -0.454 e. The van der Waals surface area contributed by atoms with Crippen LogP contribution in [-0.2, 0) is 19.1 Å². The average molecular weight is 447 g/mol. The van der Waals surface area contributed by atoms with E-state index in [-0.39, 0.29) is 23.6 Å². The molecule has 1 aromatic rings. The lowest BCUT2D eigenvalue weighted by Crippen LogP contribution is -2.48. The Morgan fingerprint density at radius 1 is 1.09 bits per heavy atom. The second-order valence-electron chi connectivity index (χ2n) is 9.50. The van der Waals surface area contributed by atoms with E-state index in [9.17, 15) is 28.9 Å². The molecular weight excluding hydrogens is 421 g/mol. The van der Waals surface area contributed by atoms with E-state index in [4.69, 9.17) is 4.74 Å². The fourth-order valence-corrected chi connectivity index (χ4v) is 6.20. The molecule has 2 N–H and O–H groups in total. The number of rotatable bonds is 8. The molecule has 0 unspecified atom stereocenters. The maximum absolute atomic E-state index is 13.3. The standard InChI is InChI=1S/C22H26FN3O6/c23-17-2-1-16(6-18(17)26(30)31)25-20(28)12-32-21(29)11-24-19(27)10-22-7-13-3-14(8-22)5-15(4-13)9-22/h1-2,6,13-15H,3-5,7-12H2,(H,24,27)(H,25,28). The van der Waals surface area contributed by atoms with Crippen molar-refractivity contribution in [3.05, 3.63) is 34.1 Å². The van der Waals surface area contributed by atoms with E-state index < -0.39 is 34.9 Å². The van der Waals surface area contributed by atoms with Crippen molar-refractivity contribution in [2.24, 2.45) is 23.2 Å². The van der Waals surface area contributed by atoms with Crippen molar-refractivity contribution >= 4 is 29.2 Å². The van der Waals surface area contributed by atoms with Crippen molar-refractivity contribution in [1.82, 2.24) is 5.32 Å². The van der Waals surface area contributed by atoms with Crippen LogP contribution in [0.3, 0.4) is 0 Å². The van der Waals surface area contributed by atoms with Crippen molar-refractivity contribution in [1.29, 1.82) is 0 Å². The highest BCUT2D eigenvalue weighted by Crippen LogP contribution is 2.61. The summed E-state index contributed by atoms with van der Waals surface area (Å²) in [6, 6.07) is 2.89. The molecule has 0 aliphatic heterocycles. The molecule has 4 aliphatic carbocycles. The first-order chi connectivity index (χ1) is 15.2. The number of halogens is 1. The Bertz CT molecular complexity index is 914. The SMILES string of the molecule is O=C(CC12CC3CC(CC(C3)C1)C2)NCC(=O)OCC(=O)Nc1ccc(F)c([N+](=O)[O-])c1. The Morgan fingerprint density at radius 2 is 1.72 bits per heavy atom. The van der Waals surface area contributed by atoms with Crippen molar-refractivity contribution in [3.8, 4) is 0 Å². The largest absolute Gasteiger partial charge is 0.454 e. The van der Waals surface area contributed by atoms with Crippen LogP contribution in [0.15, 0.2) is 18.2 Å². The first kappa shape index (κ1) is 22.2. The maximum Gasteiger partial charge on any atom is 0.325 e. The first-order valence-corrected chi connectivity index (χ1v) is 10.9. The Hall–Kier alpha value is -3.04. The lowest BCUT2D eigenvalue weighted by Gasteiger charge is -2.56. The van der Waals surface area contributed by atoms with Gasteiger partial charge in [-0.2, -0.15) is 4.39 Å². The van der Waals surface area contributed by atoms with Gasteiger partial charge in [-0.25, -0.2) is 0 Å². The van der Waals surface area contributed by atoms with E-state index in [0.29, 0.717) is 6.42 Å². The predicted molar refractivity (Wildman–Crippen MR) is 111 cm³/mol. The summed E-state index contributed by atoms with van der Waals surface area (Å²) < 4.78 is 18.2. The van der Waals surface area contributed by atoms with Crippen molar-refractivity contribution in [2.45, 2.75) is 44.9 Å². The molecule has 1 aromatic carbocycles. The third-order valence-corrected chi connectivity index (χ3v) is 6.92. The molecule has 0 atom stereocenters. The van der Waals surface area contributed by atoms with Gasteiger partial charge in [0.1, 0.15) is 6.54 Å². The Morgan fingerprint density at radius 3 is 2.31 bits per heavy atom. The van der Waals surface area contributed by atoms with Crippen LogP contribution in [0.5, 0.6) is 0 Å². The third-order valence-electron chi connectivity index (χ3n) is 6.92. The zero-order valence-corrected chi connectivity index (χ0v) is 17.6. The van der Waals surface area contributed by atoms with Crippen LogP contribution in [0.4, 0.5) is 15.8 Å². The molecule has 0 heterocycles. The van der Waals surface area contributed by atoms with Crippen LogP contribution in [0, 0.1) is 39.1 Å². The molecule has 172 valence electrons. The second kappa shape index (κ2) is 8.84. The molecule has 0 radical (unpaired) electrons. The number of nitrogens with zero attached hydrogens (tertiary/aromatic N) is 1. The number of carbonyl (C=O) groups is 3. The normalized spacial score (nSPS) is 27.6. The lowest BCUT2D eigenvalue weighted by molar-refractivity contribution is -0.387. The van der Waals surface area contributed by atoms with E-state index in [0.717, 1.165) is 55.2 Å². The fourth-order valence-electron chi connectivity index (χ4n) is 6.20. The van der Waals surface area contributed by atoms with Gasteiger partial charge in [-0.05, 0) is 73.8 Å². The summed E-state index contributed by atoms with van der Waals surface area (Å²) in [5.41, 5.74) is -0.704. The fraction of sp³-hybridized carbons (Fsp3) is 0.591. The number of nitro benzene ring substituents is 1. The van der Waals surface area contributed by atoms with Crippen molar-refractivity contribution in [2.75, 3.05) is 18.5 Å². The summed E-state index contributed by atoms with van der Waals surface area (Å²) in [6.45, 7) is -0.963. The summed E-state index contributed by atoms with van der Waals surface area (Å²) in [6.07, 6.45) is 7.59. The van der Waals surface area contributed by atoms with Crippen LogP contribution in [0.2, 0.25) is 0 Å². The molecule has 32 heavy (non-hydrogen) atoms. The van der Waals surface area contributed by atoms with E-state index in [1.807, 2.05) is 0 Å². The van der Waals surface area contributed by atoms with Gasteiger partial charge in [-0.1, -0.05) is 0 Å². The smallest absolute Gasteiger partial charge is 0.325 e. The summed E-state index contributed by atoms with van der Waals surface area (Å²) in [4.78, 5) is 46.1. The number of nitro groups is 1. The minimum atomic E-state index is -1.02. The highest BCUT2D eigenvalue weighted by atomic mass is 19.1. The van der Waals surface area contributed by atoms with Crippen LogP contribution in [-0.4, -0.2) is 35.9 Å². The summed E-state index contributed by atoms with van der Waals surface area (Å²) >= 11 is 0. The highest BCUT2D eigenvalue weighted by molar-refractivity contribution is 5.93. The third kappa shape index (κ3) is 5.05. The van der Waals surface area contributed by atoms with E-state index in [1.54, 1.807) is 0 Å². The lowest BCUT2D eigenvalue weighted by atomic mass is 9.49. The monoisotopic (exact) mass is 447 g/mol. The molecule has 2 amide bonds. The Labute approximate surface area is 184 Å². The topological polar surface area (TPSA) is 128 Å². The zero-order valence-electron chi connectivity index (χ0n) is 17.6. The number of hydrogen-bond acceptors (Lipinski definition) is 6. The molecule has 0 spiro atoms. The number of benzene rings is 1. The number of nitrogens with one attached hydrogen (secondary N) is 2. The number of amides is 2. The molecule has 4 fully saturated rings. The summed E-state index contributed by atoms with van der Waals surface area (Å²) in [7, 11) is 0. The van der Waals surface area contributed by atoms with Crippen molar-refractivity contribution in [3.63, 3.8) is 0 Å². The van der Waals surface area contributed by atoms with Gasteiger partial charge in [0.2, 0.25) is 11.7 Å². The van der Waals surface area contributed by atoms with Gasteiger partial charge < -0.3 is 15.4 Å². The molecular formula is C22H26FN3O6. The van der Waals surface area contributed by atoms with Crippen LogP contribution in [0.1, 0.15) is 44.9 Å². The molecule has 4 saturated carbocycles. The predicted octanol–water partition coefficient (Wildman–Crippen LogP) is 2.94. The summed E-state index contributed by atoms with van der Waals surface area (Å²) in [5.74, 6) is -0.487. The summed E-state index contributed by atoms with van der Waals surface area (Å²) in [5, 5.41) is 15.6. The van der Waals surface area contributed by atoms with Gasteiger partial charge in [0.25, 0.3) is 5.91 Å². The van der Waals surface area contributed by atoms with Crippen LogP contribution in [0.25, 0.3) is 0 Å². The minimum absolute atomic E-state index is 0.00280. The van der Waals surface area contributed by atoms with Gasteiger partial charge in [0, 0.05) is 18.2 Å². The number of ether oxygens (including phenoxy) is 1. The number of hydrogen-bond donors (Lipinski definition) is 2. The molecule has 9 nitrogen and oxygen atoms in total. The van der Waals surface area contributed by atoms with E-state index in [2.05, 4.69) is 10.6 Å². The molecule has 0 aromatic heterocycles. The highest BCUT2D eigenvalue weighted by Gasteiger charge is 2.51. The Balaban J connectivity index is 1.18. The van der Waals surface area contributed by atoms with Gasteiger partial charge in [0.15, 0.2) is 6.61 Å². The number of carbonyl (C=O) groups excluding carboxylic acids is 3. The molecule has 5 rings (SSSR count). The molecule has 0 saturated heterocycles. The quantitative estimate of drug-likeness (QED) is 0.358. The van der Waals surface area contributed by atoms with Gasteiger partial charge in [-0.3, -0.25) is 24.5 Å². The molecule has 10 heteroatoms. The second-order valence-corrected chi connectivity index (χ2v) is 9.50. The van der Waals surface area contributed by atoms with E-state index >= 15 is 0 Å². The molecule has 4 aliphatic rings. The first-order valence-electron chi connectivity index (χ1n) is 10.9. The van der Waals surface area contributed by atoms with Gasteiger partial charge >= 0.3 is 11.7 Å². The Kier molecular flexibility index (Phi) is 6.12. The average Bonchev–Trinajstić information content (AvgIpc) is 2.70. The van der Waals surface area contributed by atoms with E-state index in [1.165, 1.54) is 19.3 Å². The van der Waals surface area contributed by atoms with Crippen LogP contribution < -0.4 is 10.6 Å². The van der Waals surface area contributed by atoms with Crippen LogP contribution >= 0.6 is 0 Å². The van der Waals surface area contributed by atoms with Gasteiger partial charge in [0.05, 0.1) is 4.92 Å². The molecule has 4 bridgehead atoms. The zero-order chi connectivity index (χ0) is 22.9. The number of anilines is 1. The van der Waals surface area contributed by atoms with Crippen molar-refractivity contribution < 1.29 is 28.4 Å². The maximum atomic E-state index is 13.3. The number of esters is 1. The van der Waals surface area contributed by atoms with Gasteiger partial charge in [-0.15, -0.1) is 0 Å².